The summed E-state index contributed by atoms with van der Waals surface area (Å²) >= 11 is 0. The number of nitrogens with two attached hydrogens (primary N) is 1. The summed E-state index contributed by atoms with van der Waals surface area (Å²) in [5.74, 6) is 1.16. The van der Waals surface area contributed by atoms with Crippen molar-refractivity contribution in [1.29, 1.82) is 0 Å². The summed E-state index contributed by atoms with van der Waals surface area (Å²) in [6.45, 7) is 2.81. The lowest BCUT2D eigenvalue weighted by atomic mass is 10.4. The van der Waals surface area contributed by atoms with Gasteiger partial charge in [0, 0.05) is 24.4 Å². The van der Waals surface area contributed by atoms with Gasteiger partial charge in [0.05, 0.1) is 0 Å². The molecule has 0 spiro atoms. The number of aryl methyl sites for hydroxylation is 1. The first-order valence-electron chi connectivity index (χ1n) is 4.55. The summed E-state index contributed by atoms with van der Waals surface area (Å²) in [6, 6.07) is 0.731. The largest absolute Gasteiger partial charge is 0.330 e. The second-order valence-electron chi connectivity index (χ2n) is 3.46. The van der Waals surface area contributed by atoms with Crippen LogP contribution in [0.25, 0.3) is 0 Å². The van der Waals surface area contributed by atoms with Crippen molar-refractivity contribution in [2.75, 3.05) is 6.54 Å². The maximum absolute atomic E-state index is 5.51. The van der Waals surface area contributed by atoms with E-state index >= 15 is 0 Å². The topological polar surface area (TPSA) is 43.8 Å². The molecule has 1 aromatic heterocycles. The van der Waals surface area contributed by atoms with E-state index in [1.54, 1.807) is 0 Å². The molecule has 2 N–H and O–H groups in total. The van der Waals surface area contributed by atoms with Gasteiger partial charge in [0.15, 0.2) is 0 Å². The molecule has 1 aliphatic rings. The van der Waals surface area contributed by atoms with Crippen LogP contribution in [0.5, 0.6) is 0 Å². The molecule has 0 bridgehead atoms. The maximum atomic E-state index is 5.51. The summed E-state index contributed by atoms with van der Waals surface area (Å²) < 4.78 is 2.34. The molecule has 0 unspecified atom stereocenters. The van der Waals surface area contributed by atoms with Crippen molar-refractivity contribution in [1.82, 2.24) is 9.55 Å². The summed E-state index contributed by atoms with van der Waals surface area (Å²) in [6.07, 6.45) is 5.48. The van der Waals surface area contributed by atoms with Crippen molar-refractivity contribution in [3.63, 3.8) is 0 Å². The smallest absolute Gasteiger partial charge is 0.110 e. The third-order valence-corrected chi connectivity index (χ3v) is 2.34. The first-order chi connectivity index (χ1) is 5.83. The number of aromatic nitrogens is 2. The van der Waals surface area contributed by atoms with Crippen molar-refractivity contribution in [3.05, 3.63) is 17.7 Å². The van der Waals surface area contributed by atoms with Gasteiger partial charge < -0.3 is 10.3 Å². The van der Waals surface area contributed by atoms with Crippen LogP contribution in [0.4, 0.5) is 0 Å². The summed E-state index contributed by atoms with van der Waals surface area (Å²) in [7, 11) is 0. The Morgan fingerprint density at radius 3 is 2.64 bits per heavy atom. The minimum Gasteiger partial charge on any atom is -0.330 e. The molecule has 14 heavy (non-hydrogen) atoms. The van der Waals surface area contributed by atoms with Crippen LogP contribution in [-0.4, -0.2) is 16.1 Å². The van der Waals surface area contributed by atoms with Gasteiger partial charge in [0.1, 0.15) is 5.82 Å². The van der Waals surface area contributed by atoms with Crippen LogP contribution in [0.1, 0.15) is 30.4 Å². The van der Waals surface area contributed by atoms with Gasteiger partial charge in [0.2, 0.25) is 0 Å². The lowest BCUT2D eigenvalue weighted by Gasteiger charge is -2.06. The van der Waals surface area contributed by atoms with E-state index in [2.05, 4.69) is 16.5 Å². The average Bonchev–Trinajstić information content (AvgIpc) is 2.80. The molecule has 82 valence electrons. The van der Waals surface area contributed by atoms with Gasteiger partial charge in [-0.25, -0.2) is 4.98 Å². The van der Waals surface area contributed by atoms with E-state index in [-0.39, 0.29) is 24.8 Å². The number of nitrogens with zero attached hydrogens (tertiary/aromatic N) is 2. The number of rotatable bonds is 3. The third-order valence-electron chi connectivity index (χ3n) is 2.34. The zero-order valence-corrected chi connectivity index (χ0v) is 9.90. The molecule has 0 aliphatic heterocycles. The van der Waals surface area contributed by atoms with Crippen LogP contribution < -0.4 is 5.73 Å². The molecule has 2 rings (SSSR count). The molecule has 0 amide bonds. The second kappa shape index (κ2) is 5.59. The molecular formula is C9H17Cl2N3. The number of imidazole rings is 1. The average molecular weight is 238 g/mol. The van der Waals surface area contributed by atoms with Crippen molar-refractivity contribution in [2.45, 2.75) is 32.2 Å². The molecule has 5 heteroatoms. The molecule has 3 nitrogen and oxygen atoms in total. The highest BCUT2D eigenvalue weighted by Gasteiger charge is 2.26. The summed E-state index contributed by atoms with van der Waals surface area (Å²) in [5.41, 5.74) is 6.78. The van der Waals surface area contributed by atoms with Crippen molar-refractivity contribution in [3.8, 4) is 0 Å². The molecule has 1 fully saturated rings. The Hall–Kier alpha value is -0.250. The predicted molar refractivity (Wildman–Crippen MR) is 62.5 cm³/mol. The van der Waals surface area contributed by atoms with Crippen LogP contribution in [0, 0.1) is 6.92 Å². The van der Waals surface area contributed by atoms with Gasteiger partial charge in [-0.2, -0.15) is 0 Å². The minimum atomic E-state index is 0. The van der Waals surface area contributed by atoms with Crippen molar-refractivity contribution >= 4 is 24.8 Å². The molecule has 0 atom stereocenters. The third kappa shape index (κ3) is 2.62. The molecule has 1 aliphatic carbocycles. The van der Waals surface area contributed by atoms with Gasteiger partial charge in [-0.3, -0.25) is 0 Å². The van der Waals surface area contributed by atoms with Crippen LogP contribution >= 0.6 is 24.8 Å². The van der Waals surface area contributed by atoms with E-state index in [1.165, 1.54) is 18.5 Å². The molecule has 0 radical (unpaired) electrons. The van der Waals surface area contributed by atoms with Gasteiger partial charge in [-0.15, -0.1) is 24.8 Å². The molecule has 1 saturated carbocycles. The monoisotopic (exact) mass is 237 g/mol. The lowest BCUT2D eigenvalue weighted by Crippen LogP contribution is -2.10. The zero-order valence-electron chi connectivity index (χ0n) is 8.27. The zero-order chi connectivity index (χ0) is 8.55. The summed E-state index contributed by atoms with van der Waals surface area (Å²) in [4.78, 5) is 4.35. The Morgan fingerprint density at radius 2 is 2.14 bits per heavy atom. The van der Waals surface area contributed by atoms with Crippen LogP contribution in [0.2, 0.25) is 0 Å². The van der Waals surface area contributed by atoms with Crippen molar-refractivity contribution in [2.24, 2.45) is 5.73 Å². The van der Waals surface area contributed by atoms with Gasteiger partial charge in [0.25, 0.3) is 0 Å². The van der Waals surface area contributed by atoms with Crippen molar-refractivity contribution < 1.29 is 0 Å². The van der Waals surface area contributed by atoms with E-state index in [9.17, 15) is 0 Å². The van der Waals surface area contributed by atoms with E-state index in [4.69, 9.17) is 5.73 Å². The highest BCUT2D eigenvalue weighted by atomic mass is 35.5. The standard InChI is InChI=1S/C9H15N3.2ClH/c1-7-6-11-9(4-5-10)12(7)8-2-3-8;;/h6,8H,2-5,10H2,1H3;2*1H. The quantitative estimate of drug-likeness (QED) is 0.873. The Balaban J connectivity index is 0.000000845. The fraction of sp³-hybridized carbons (Fsp3) is 0.667. The van der Waals surface area contributed by atoms with E-state index in [0.29, 0.717) is 6.54 Å². The Labute approximate surface area is 96.9 Å². The lowest BCUT2D eigenvalue weighted by molar-refractivity contribution is 0.660. The summed E-state index contributed by atoms with van der Waals surface area (Å²) in [5, 5.41) is 0. The molecule has 0 aromatic carbocycles. The van der Waals surface area contributed by atoms with Crippen LogP contribution in [0.3, 0.4) is 0 Å². The predicted octanol–water partition coefficient (Wildman–Crippen LogP) is 1.87. The van der Waals surface area contributed by atoms with E-state index in [1.807, 2.05) is 6.20 Å². The number of hydrogen-bond donors (Lipinski definition) is 1. The SMILES string of the molecule is Cc1cnc(CCN)n1C1CC1.Cl.Cl. The van der Waals surface area contributed by atoms with Crippen LogP contribution in [-0.2, 0) is 6.42 Å². The Morgan fingerprint density at radius 1 is 1.50 bits per heavy atom. The molecule has 1 aromatic rings. The molecular weight excluding hydrogens is 221 g/mol. The maximum Gasteiger partial charge on any atom is 0.110 e. The highest BCUT2D eigenvalue weighted by molar-refractivity contribution is 5.85. The normalized spacial score (nSPS) is 14.4. The van der Waals surface area contributed by atoms with Gasteiger partial charge >= 0.3 is 0 Å². The minimum absolute atomic E-state index is 0. The first kappa shape index (κ1) is 13.8. The van der Waals surface area contributed by atoms with Gasteiger partial charge in [-0.05, 0) is 26.3 Å². The highest BCUT2D eigenvalue weighted by Crippen LogP contribution is 2.36. The fourth-order valence-corrected chi connectivity index (χ4v) is 1.64. The van der Waals surface area contributed by atoms with E-state index < -0.39 is 0 Å². The fourth-order valence-electron chi connectivity index (χ4n) is 1.64. The van der Waals surface area contributed by atoms with E-state index in [0.717, 1.165) is 18.3 Å². The Kier molecular flexibility index (Phi) is 5.49. The van der Waals surface area contributed by atoms with Crippen LogP contribution in [0.15, 0.2) is 6.20 Å². The second-order valence-corrected chi connectivity index (χ2v) is 3.46. The number of halogens is 2. The Bertz CT molecular complexity index is 282. The molecule has 0 saturated heterocycles. The van der Waals surface area contributed by atoms with Gasteiger partial charge in [-0.1, -0.05) is 0 Å². The number of hydrogen-bond acceptors (Lipinski definition) is 2. The first-order valence-corrected chi connectivity index (χ1v) is 4.55. The molecule has 1 heterocycles.